The summed E-state index contributed by atoms with van der Waals surface area (Å²) in [6.45, 7) is 15.5. The summed E-state index contributed by atoms with van der Waals surface area (Å²) in [6.07, 6.45) is 9.34. The normalized spacial score (nSPS) is 51.2. The van der Waals surface area contributed by atoms with Crippen molar-refractivity contribution in [1.82, 2.24) is 0 Å². The number of rotatable bonds is 4. The fourth-order valence-corrected chi connectivity index (χ4v) is 10.4. The van der Waals surface area contributed by atoms with Gasteiger partial charge in [0.05, 0.1) is 17.8 Å². The van der Waals surface area contributed by atoms with Crippen LogP contribution in [0.5, 0.6) is 0 Å². The molecule has 4 fully saturated rings. The summed E-state index contributed by atoms with van der Waals surface area (Å²) in [5.74, 6) is 1.81. The third kappa shape index (κ3) is 3.58. The Morgan fingerprint density at radius 3 is 2.39 bits per heavy atom. The van der Waals surface area contributed by atoms with Crippen LogP contribution in [0.1, 0.15) is 99.8 Å². The van der Waals surface area contributed by atoms with Gasteiger partial charge in [-0.25, -0.2) is 0 Å². The molecule has 0 aromatic rings. The molecule has 5 aliphatic rings. The van der Waals surface area contributed by atoms with Gasteiger partial charge in [0.15, 0.2) is 6.29 Å². The molecule has 4 aliphatic carbocycles. The summed E-state index contributed by atoms with van der Waals surface area (Å²) in [4.78, 5) is 0. The van der Waals surface area contributed by atoms with Gasteiger partial charge in [-0.05, 0) is 105 Å². The zero-order chi connectivity index (χ0) is 26.5. The van der Waals surface area contributed by atoms with Crippen molar-refractivity contribution in [2.24, 2.45) is 45.3 Å². The Hall–Kier alpha value is -0.460. The molecule has 5 nitrogen and oxygen atoms in total. The first-order valence-corrected chi connectivity index (χ1v) is 14.6. The molecule has 0 spiro atoms. The molecule has 0 radical (unpaired) electrons. The summed E-state index contributed by atoms with van der Waals surface area (Å²) in [5.41, 5.74) is 1.01. The van der Waals surface area contributed by atoms with E-state index < -0.39 is 17.8 Å². The molecule has 1 heterocycles. The van der Waals surface area contributed by atoms with E-state index in [4.69, 9.17) is 9.47 Å². The van der Waals surface area contributed by atoms with E-state index in [0.29, 0.717) is 17.8 Å². The monoisotopic (exact) mass is 504 g/mol. The van der Waals surface area contributed by atoms with Crippen molar-refractivity contribution in [2.75, 3.05) is 7.11 Å². The van der Waals surface area contributed by atoms with Crippen LogP contribution in [0.25, 0.3) is 0 Å². The number of fused-ring (bicyclic) bond motifs is 5. The van der Waals surface area contributed by atoms with Crippen molar-refractivity contribution in [3.8, 4) is 0 Å². The molecule has 36 heavy (non-hydrogen) atoms. The lowest BCUT2D eigenvalue weighted by Gasteiger charge is -2.64. The Labute approximate surface area is 219 Å². The van der Waals surface area contributed by atoms with Gasteiger partial charge < -0.3 is 24.8 Å². The van der Waals surface area contributed by atoms with Gasteiger partial charge in [0.2, 0.25) is 0 Å². The molecule has 0 unspecified atom stereocenters. The number of aliphatic hydroxyl groups excluding tert-OH is 2. The maximum atomic E-state index is 10.9. The van der Waals surface area contributed by atoms with Crippen molar-refractivity contribution < 1.29 is 24.8 Å². The first-order valence-electron chi connectivity index (χ1n) is 14.6. The zero-order valence-corrected chi connectivity index (χ0v) is 24.0. The molecule has 5 rings (SSSR count). The minimum atomic E-state index is -1.20. The van der Waals surface area contributed by atoms with Crippen molar-refractivity contribution >= 4 is 0 Å². The maximum Gasteiger partial charge on any atom is 0.160 e. The van der Waals surface area contributed by atoms with E-state index in [1.165, 1.54) is 19.3 Å². The second-order valence-corrected chi connectivity index (χ2v) is 15.1. The Bertz CT molecular complexity index is 890. The number of ether oxygens (including phenoxy) is 2. The highest BCUT2D eigenvalue weighted by Crippen LogP contribution is 2.73. The molecular weight excluding hydrogens is 452 g/mol. The van der Waals surface area contributed by atoms with Crippen LogP contribution in [0.2, 0.25) is 0 Å². The minimum absolute atomic E-state index is 0.0436. The molecule has 0 amide bonds. The highest BCUT2D eigenvalue weighted by Gasteiger charge is 2.66. The lowest BCUT2D eigenvalue weighted by Crippen LogP contribution is -2.58. The molecule has 1 saturated heterocycles. The van der Waals surface area contributed by atoms with E-state index in [0.717, 1.165) is 32.1 Å². The van der Waals surface area contributed by atoms with Gasteiger partial charge in [-0.2, -0.15) is 0 Å². The fourth-order valence-electron chi connectivity index (χ4n) is 10.4. The molecular formula is C31H52O5. The van der Waals surface area contributed by atoms with Crippen LogP contribution in [-0.2, 0) is 9.47 Å². The molecule has 0 aromatic carbocycles. The summed E-state index contributed by atoms with van der Waals surface area (Å²) in [5, 5.41) is 32.1. The van der Waals surface area contributed by atoms with Crippen molar-refractivity contribution in [1.29, 1.82) is 0 Å². The molecule has 1 aliphatic heterocycles. The fraction of sp³-hybridized carbons (Fsp3) is 0.935. The van der Waals surface area contributed by atoms with E-state index in [9.17, 15) is 15.3 Å². The predicted octanol–water partition coefficient (Wildman–Crippen LogP) is 5.46. The van der Waals surface area contributed by atoms with Gasteiger partial charge in [0.25, 0.3) is 0 Å². The highest BCUT2D eigenvalue weighted by atomic mass is 16.7. The van der Waals surface area contributed by atoms with Crippen LogP contribution < -0.4 is 0 Å². The van der Waals surface area contributed by atoms with Crippen molar-refractivity contribution in [2.45, 2.75) is 130 Å². The number of methoxy groups -OCH3 is 1. The van der Waals surface area contributed by atoms with Gasteiger partial charge in [-0.15, -0.1) is 0 Å². The SMILES string of the molecule is CO[C@H]1O[C@@H]([C@H](O)C(C)(C)O)C[C@H]1[C@@H]1CC[C@]2(C)C3=CC[C@H]4C(C)(C)[C@@H](O)CC[C@]4(C)[C@H]3CC[C@@]12C. The number of aliphatic hydroxyl groups is 3. The molecule has 11 atom stereocenters. The standard InChI is InChI=1S/C31H52O5/c1-27(2)23-10-9-21-20(29(23,5)14-13-24(27)32)12-16-30(6)19(11-15-31(21,30)7)18-17-22(36-26(18)35-8)25(33)28(3,4)34/h9,18-20,22-26,32-34H,10-17H2,1-8H3/t18-,19-,20-,22+,23-,24-,25-,26-,29+,30-,31+/m0/s1. The van der Waals surface area contributed by atoms with Crippen LogP contribution in [0.4, 0.5) is 0 Å². The Balaban J connectivity index is 1.45. The van der Waals surface area contributed by atoms with Crippen LogP contribution in [0, 0.1) is 45.3 Å². The summed E-state index contributed by atoms with van der Waals surface area (Å²) < 4.78 is 12.1. The number of hydrogen-bond acceptors (Lipinski definition) is 5. The Morgan fingerprint density at radius 1 is 1.06 bits per heavy atom. The molecule has 0 bridgehead atoms. The third-order valence-corrected chi connectivity index (χ3v) is 12.9. The maximum absolute atomic E-state index is 10.9. The highest BCUT2D eigenvalue weighted by molar-refractivity contribution is 5.33. The zero-order valence-electron chi connectivity index (χ0n) is 24.0. The number of hydrogen-bond donors (Lipinski definition) is 3. The van der Waals surface area contributed by atoms with Crippen LogP contribution >= 0.6 is 0 Å². The summed E-state index contributed by atoms with van der Waals surface area (Å²) >= 11 is 0. The van der Waals surface area contributed by atoms with E-state index in [1.807, 2.05) is 0 Å². The van der Waals surface area contributed by atoms with E-state index in [1.54, 1.807) is 26.5 Å². The summed E-state index contributed by atoms with van der Waals surface area (Å²) in [6, 6.07) is 0. The second kappa shape index (κ2) is 8.52. The van der Waals surface area contributed by atoms with E-state index in [2.05, 4.69) is 40.7 Å². The average Bonchev–Trinajstić information content (AvgIpc) is 3.33. The largest absolute Gasteiger partial charge is 0.393 e. The van der Waals surface area contributed by atoms with Gasteiger partial charge >= 0.3 is 0 Å². The van der Waals surface area contributed by atoms with Crippen LogP contribution in [0.15, 0.2) is 11.6 Å². The first-order chi connectivity index (χ1) is 16.6. The third-order valence-electron chi connectivity index (χ3n) is 12.9. The predicted molar refractivity (Wildman–Crippen MR) is 141 cm³/mol. The lowest BCUT2D eigenvalue weighted by atomic mass is 9.41. The lowest BCUT2D eigenvalue weighted by molar-refractivity contribution is -0.184. The van der Waals surface area contributed by atoms with Crippen molar-refractivity contribution in [3.63, 3.8) is 0 Å². The summed E-state index contributed by atoms with van der Waals surface area (Å²) in [7, 11) is 1.72. The molecule has 0 aromatic heterocycles. The second-order valence-electron chi connectivity index (χ2n) is 15.1. The molecule has 3 N–H and O–H groups in total. The molecule has 206 valence electrons. The van der Waals surface area contributed by atoms with Gasteiger partial charge in [0, 0.05) is 13.0 Å². The first kappa shape index (κ1) is 27.1. The Kier molecular flexibility index (Phi) is 6.42. The quantitative estimate of drug-likeness (QED) is 0.443. The average molecular weight is 505 g/mol. The van der Waals surface area contributed by atoms with Crippen LogP contribution in [-0.4, -0.2) is 52.6 Å². The molecule has 5 heteroatoms. The Morgan fingerprint density at radius 2 is 1.75 bits per heavy atom. The topological polar surface area (TPSA) is 79.2 Å². The van der Waals surface area contributed by atoms with Crippen molar-refractivity contribution in [3.05, 3.63) is 11.6 Å². The van der Waals surface area contributed by atoms with Crippen LogP contribution in [0.3, 0.4) is 0 Å². The van der Waals surface area contributed by atoms with E-state index in [-0.39, 0.29) is 40.0 Å². The van der Waals surface area contributed by atoms with Gasteiger partial charge in [-0.1, -0.05) is 46.3 Å². The van der Waals surface area contributed by atoms with Gasteiger partial charge in [0.1, 0.15) is 6.10 Å². The minimum Gasteiger partial charge on any atom is -0.393 e. The molecule has 3 saturated carbocycles. The van der Waals surface area contributed by atoms with E-state index >= 15 is 0 Å². The van der Waals surface area contributed by atoms with Gasteiger partial charge in [-0.3, -0.25) is 0 Å². The number of allylic oxidation sites excluding steroid dienone is 2. The smallest absolute Gasteiger partial charge is 0.160 e.